The van der Waals surface area contributed by atoms with Gasteiger partial charge in [-0.05, 0) is 24.1 Å². The summed E-state index contributed by atoms with van der Waals surface area (Å²) in [5, 5.41) is 2.59. The van der Waals surface area contributed by atoms with Crippen molar-refractivity contribution in [3.05, 3.63) is 36.4 Å². The molecule has 0 aliphatic heterocycles. The Labute approximate surface area is 131 Å². The van der Waals surface area contributed by atoms with E-state index in [1.54, 1.807) is 20.3 Å². The normalized spacial score (nSPS) is 10.8. The van der Waals surface area contributed by atoms with Gasteiger partial charge in [-0.2, -0.15) is 0 Å². The van der Waals surface area contributed by atoms with Crippen LogP contribution in [-0.2, 0) is 21.1 Å². The number of methoxy groups -OCH3 is 2. The number of amides is 1. The summed E-state index contributed by atoms with van der Waals surface area (Å²) >= 11 is 0. The maximum Gasteiger partial charge on any atom is 0.235 e. The van der Waals surface area contributed by atoms with Crippen LogP contribution in [0.2, 0.25) is 0 Å². The fourth-order valence-corrected chi connectivity index (χ4v) is 2.85. The lowest BCUT2D eigenvalue weighted by Crippen LogP contribution is -2.32. The van der Waals surface area contributed by atoms with Gasteiger partial charge in [0.05, 0.1) is 20.0 Å². The van der Waals surface area contributed by atoms with E-state index in [1.807, 2.05) is 12.1 Å². The Hall–Kier alpha value is -2.02. The van der Waals surface area contributed by atoms with E-state index in [0.29, 0.717) is 24.5 Å². The molecule has 1 N–H and O–H groups in total. The van der Waals surface area contributed by atoms with E-state index in [-0.39, 0.29) is 5.75 Å². The molecule has 22 heavy (non-hydrogen) atoms. The maximum absolute atomic E-state index is 11.6. The lowest BCUT2D eigenvalue weighted by atomic mass is 10.1. The zero-order chi connectivity index (χ0) is 16.6. The minimum absolute atomic E-state index is 0.198. The van der Waals surface area contributed by atoms with Gasteiger partial charge in [0.15, 0.2) is 21.3 Å². The van der Waals surface area contributed by atoms with E-state index in [2.05, 4.69) is 11.9 Å². The molecule has 1 rings (SSSR count). The SMILES string of the molecule is C=CCS(=O)(=O)CC(=O)NCCc1ccc(OC)c(OC)c1. The summed E-state index contributed by atoms with van der Waals surface area (Å²) < 4.78 is 33.3. The molecule has 1 aromatic rings. The van der Waals surface area contributed by atoms with Gasteiger partial charge in [0.2, 0.25) is 5.91 Å². The van der Waals surface area contributed by atoms with Crippen LogP contribution in [-0.4, -0.2) is 46.6 Å². The first kappa shape index (κ1) is 18.0. The van der Waals surface area contributed by atoms with E-state index in [1.165, 1.54) is 6.08 Å². The number of hydrogen-bond donors (Lipinski definition) is 1. The second kappa shape index (κ2) is 8.43. The summed E-state index contributed by atoms with van der Waals surface area (Å²) in [6.07, 6.45) is 1.83. The molecular weight excluding hydrogens is 306 g/mol. The van der Waals surface area contributed by atoms with Crippen molar-refractivity contribution in [2.24, 2.45) is 0 Å². The van der Waals surface area contributed by atoms with Crippen LogP contribution in [0.5, 0.6) is 11.5 Å². The Bertz CT molecular complexity index is 625. The standard InChI is InChI=1S/C15H21NO5S/c1-4-9-22(18,19)11-15(17)16-8-7-12-5-6-13(20-2)14(10-12)21-3/h4-6,10H,1,7-9,11H2,2-3H3,(H,16,17). The summed E-state index contributed by atoms with van der Waals surface area (Å²) in [6.45, 7) is 3.70. The van der Waals surface area contributed by atoms with Crippen molar-refractivity contribution < 1.29 is 22.7 Å². The Balaban J connectivity index is 2.50. The van der Waals surface area contributed by atoms with Crippen molar-refractivity contribution in [1.82, 2.24) is 5.32 Å². The van der Waals surface area contributed by atoms with Crippen LogP contribution in [0.25, 0.3) is 0 Å². The number of hydrogen-bond acceptors (Lipinski definition) is 5. The van der Waals surface area contributed by atoms with E-state index in [4.69, 9.17) is 9.47 Å². The highest BCUT2D eigenvalue weighted by Gasteiger charge is 2.14. The van der Waals surface area contributed by atoms with Gasteiger partial charge in [-0.1, -0.05) is 12.1 Å². The molecule has 0 radical (unpaired) electrons. The van der Waals surface area contributed by atoms with Crippen LogP contribution in [0.15, 0.2) is 30.9 Å². The van der Waals surface area contributed by atoms with Gasteiger partial charge in [0.1, 0.15) is 5.75 Å². The van der Waals surface area contributed by atoms with E-state index in [0.717, 1.165) is 5.56 Å². The molecule has 6 nitrogen and oxygen atoms in total. The molecule has 0 spiro atoms. The molecule has 0 aromatic heterocycles. The third-order valence-electron chi connectivity index (χ3n) is 2.91. The molecule has 0 aliphatic rings. The third kappa shape index (κ3) is 5.77. The number of carbonyl (C=O) groups excluding carboxylic acids is 1. The van der Waals surface area contributed by atoms with E-state index >= 15 is 0 Å². The van der Waals surface area contributed by atoms with Crippen LogP contribution in [0.4, 0.5) is 0 Å². The molecule has 0 unspecified atom stereocenters. The number of sulfone groups is 1. The predicted molar refractivity (Wildman–Crippen MR) is 85.1 cm³/mol. The number of benzene rings is 1. The largest absolute Gasteiger partial charge is 0.493 e. The first-order chi connectivity index (χ1) is 10.4. The van der Waals surface area contributed by atoms with Crippen LogP contribution in [0.3, 0.4) is 0 Å². The minimum Gasteiger partial charge on any atom is -0.493 e. The molecule has 0 heterocycles. The van der Waals surface area contributed by atoms with Gasteiger partial charge in [-0.15, -0.1) is 6.58 Å². The number of nitrogens with one attached hydrogen (secondary N) is 1. The number of ether oxygens (including phenoxy) is 2. The number of rotatable bonds is 9. The molecular formula is C15H21NO5S. The Morgan fingerprint density at radius 1 is 1.27 bits per heavy atom. The van der Waals surface area contributed by atoms with Crippen molar-refractivity contribution in [3.63, 3.8) is 0 Å². The van der Waals surface area contributed by atoms with Crippen molar-refractivity contribution >= 4 is 15.7 Å². The number of carbonyl (C=O) groups is 1. The van der Waals surface area contributed by atoms with Crippen LogP contribution >= 0.6 is 0 Å². The zero-order valence-electron chi connectivity index (χ0n) is 12.8. The maximum atomic E-state index is 11.6. The van der Waals surface area contributed by atoms with Gasteiger partial charge >= 0.3 is 0 Å². The summed E-state index contributed by atoms with van der Waals surface area (Å²) in [6, 6.07) is 5.46. The molecule has 1 amide bonds. The molecule has 0 saturated carbocycles. The first-order valence-corrected chi connectivity index (χ1v) is 8.53. The molecule has 122 valence electrons. The van der Waals surface area contributed by atoms with Gasteiger partial charge in [0.25, 0.3) is 0 Å². The summed E-state index contributed by atoms with van der Waals surface area (Å²) in [5.74, 6) is 0.00847. The second-order valence-electron chi connectivity index (χ2n) is 4.63. The lowest BCUT2D eigenvalue weighted by molar-refractivity contribution is -0.118. The fourth-order valence-electron chi connectivity index (χ4n) is 1.87. The molecule has 0 aliphatic carbocycles. The fraction of sp³-hybridized carbons (Fsp3) is 0.400. The summed E-state index contributed by atoms with van der Waals surface area (Å²) in [5.41, 5.74) is 0.951. The molecule has 0 saturated heterocycles. The molecule has 0 atom stereocenters. The van der Waals surface area contributed by atoms with Crippen molar-refractivity contribution in [2.75, 3.05) is 32.3 Å². The average molecular weight is 327 g/mol. The summed E-state index contributed by atoms with van der Waals surface area (Å²) in [7, 11) is -0.306. The van der Waals surface area contributed by atoms with Crippen LogP contribution < -0.4 is 14.8 Å². The van der Waals surface area contributed by atoms with Gasteiger partial charge < -0.3 is 14.8 Å². The zero-order valence-corrected chi connectivity index (χ0v) is 13.6. The predicted octanol–water partition coefficient (Wildman–Crippen LogP) is 0.963. The van der Waals surface area contributed by atoms with E-state index < -0.39 is 21.5 Å². The Morgan fingerprint density at radius 3 is 2.55 bits per heavy atom. The Kier molecular flexibility index (Phi) is 6.91. The summed E-state index contributed by atoms with van der Waals surface area (Å²) in [4.78, 5) is 11.6. The second-order valence-corrected chi connectivity index (χ2v) is 6.74. The van der Waals surface area contributed by atoms with Gasteiger partial charge in [0, 0.05) is 6.54 Å². The molecule has 0 fully saturated rings. The topological polar surface area (TPSA) is 81.7 Å². The molecule has 1 aromatic carbocycles. The lowest BCUT2D eigenvalue weighted by Gasteiger charge is -2.10. The Morgan fingerprint density at radius 2 is 1.95 bits per heavy atom. The highest BCUT2D eigenvalue weighted by atomic mass is 32.2. The van der Waals surface area contributed by atoms with Crippen LogP contribution in [0.1, 0.15) is 5.56 Å². The minimum atomic E-state index is -3.41. The molecule has 0 bridgehead atoms. The van der Waals surface area contributed by atoms with Crippen LogP contribution in [0, 0.1) is 0 Å². The van der Waals surface area contributed by atoms with Gasteiger partial charge in [-0.25, -0.2) is 8.42 Å². The third-order valence-corrected chi connectivity index (χ3v) is 4.35. The highest BCUT2D eigenvalue weighted by molar-refractivity contribution is 7.92. The average Bonchev–Trinajstić information content (AvgIpc) is 2.46. The smallest absolute Gasteiger partial charge is 0.235 e. The van der Waals surface area contributed by atoms with Gasteiger partial charge in [-0.3, -0.25) is 4.79 Å². The van der Waals surface area contributed by atoms with Crippen molar-refractivity contribution in [3.8, 4) is 11.5 Å². The quantitative estimate of drug-likeness (QED) is 0.683. The van der Waals surface area contributed by atoms with E-state index in [9.17, 15) is 13.2 Å². The highest BCUT2D eigenvalue weighted by Crippen LogP contribution is 2.27. The monoisotopic (exact) mass is 327 g/mol. The first-order valence-electron chi connectivity index (χ1n) is 6.70. The van der Waals surface area contributed by atoms with Crippen molar-refractivity contribution in [2.45, 2.75) is 6.42 Å². The molecule has 7 heteroatoms. The van der Waals surface area contributed by atoms with Crippen molar-refractivity contribution in [1.29, 1.82) is 0 Å².